The molecule has 0 spiro atoms. The van der Waals surface area contributed by atoms with Gasteiger partial charge in [0.1, 0.15) is 0 Å². The number of benzene rings is 1. The predicted molar refractivity (Wildman–Crippen MR) is 94.0 cm³/mol. The van der Waals surface area contributed by atoms with E-state index in [0.717, 1.165) is 6.07 Å². The molecule has 2 fully saturated rings. The van der Waals surface area contributed by atoms with E-state index in [1.54, 1.807) is 4.90 Å². The molecule has 0 saturated carbocycles. The SMILES string of the molecule is C[C@@H]1CN(c2c(C3OCC(C)(C)CO3)cc(C(=O)O)c(F)c2F)C[C@@H](C)O1. The number of hydrogen-bond acceptors (Lipinski definition) is 5. The van der Waals surface area contributed by atoms with Crippen molar-refractivity contribution in [1.29, 1.82) is 0 Å². The van der Waals surface area contributed by atoms with Gasteiger partial charge in [0.05, 0.1) is 36.7 Å². The second kappa shape index (κ2) is 7.33. The molecule has 2 heterocycles. The van der Waals surface area contributed by atoms with E-state index in [0.29, 0.717) is 26.3 Å². The topological polar surface area (TPSA) is 68.2 Å². The summed E-state index contributed by atoms with van der Waals surface area (Å²) in [6.45, 7) is 9.02. The molecule has 0 radical (unpaired) electrons. The van der Waals surface area contributed by atoms with Gasteiger partial charge in [-0.1, -0.05) is 13.8 Å². The lowest BCUT2D eigenvalue weighted by Crippen LogP contribution is -2.46. The number of morpholine rings is 1. The fourth-order valence-electron chi connectivity index (χ4n) is 3.53. The number of carbonyl (C=O) groups is 1. The van der Waals surface area contributed by atoms with Gasteiger partial charge >= 0.3 is 5.97 Å². The Morgan fingerprint density at radius 1 is 1.15 bits per heavy atom. The van der Waals surface area contributed by atoms with Crippen molar-refractivity contribution in [3.8, 4) is 0 Å². The Labute approximate surface area is 157 Å². The maximum Gasteiger partial charge on any atom is 0.338 e. The largest absolute Gasteiger partial charge is 0.478 e. The Bertz CT molecular complexity index is 719. The molecule has 150 valence electrons. The highest BCUT2D eigenvalue weighted by Gasteiger charge is 2.36. The smallest absolute Gasteiger partial charge is 0.338 e. The van der Waals surface area contributed by atoms with Crippen molar-refractivity contribution >= 4 is 11.7 Å². The van der Waals surface area contributed by atoms with Crippen molar-refractivity contribution in [2.24, 2.45) is 5.41 Å². The van der Waals surface area contributed by atoms with Crippen LogP contribution in [0.25, 0.3) is 0 Å². The Morgan fingerprint density at radius 2 is 1.70 bits per heavy atom. The van der Waals surface area contributed by atoms with Crippen LogP contribution in [0.4, 0.5) is 14.5 Å². The molecule has 1 N–H and O–H groups in total. The minimum Gasteiger partial charge on any atom is -0.478 e. The number of carboxylic acid groups (broad SMARTS) is 1. The second-order valence-corrected chi connectivity index (χ2v) is 8.08. The number of hydrogen-bond donors (Lipinski definition) is 1. The number of halogens is 2. The molecule has 0 aliphatic carbocycles. The predicted octanol–water partition coefficient (Wildman–Crippen LogP) is 3.35. The minimum atomic E-state index is -1.54. The summed E-state index contributed by atoms with van der Waals surface area (Å²) < 4.78 is 46.6. The molecule has 0 unspecified atom stereocenters. The lowest BCUT2D eigenvalue weighted by Gasteiger charge is -2.40. The first-order chi connectivity index (χ1) is 12.6. The van der Waals surface area contributed by atoms with Crippen LogP contribution in [0.15, 0.2) is 6.07 Å². The molecule has 2 atom stereocenters. The molecule has 1 aromatic rings. The summed E-state index contributed by atoms with van der Waals surface area (Å²) in [5.41, 5.74) is -0.794. The van der Waals surface area contributed by atoms with E-state index in [2.05, 4.69) is 0 Å². The van der Waals surface area contributed by atoms with Gasteiger partial charge in [-0.05, 0) is 19.9 Å². The third-order valence-corrected chi connectivity index (χ3v) is 4.68. The van der Waals surface area contributed by atoms with E-state index >= 15 is 0 Å². The third-order valence-electron chi connectivity index (χ3n) is 4.68. The van der Waals surface area contributed by atoms with E-state index in [4.69, 9.17) is 14.2 Å². The maximum absolute atomic E-state index is 15.0. The van der Waals surface area contributed by atoms with Gasteiger partial charge in [-0.15, -0.1) is 0 Å². The van der Waals surface area contributed by atoms with Crippen molar-refractivity contribution in [3.63, 3.8) is 0 Å². The van der Waals surface area contributed by atoms with Crippen LogP contribution >= 0.6 is 0 Å². The van der Waals surface area contributed by atoms with Gasteiger partial charge in [0.15, 0.2) is 17.9 Å². The molecule has 0 aromatic heterocycles. The van der Waals surface area contributed by atoms with Crippen LogP contribution in [0, 0.1) is 17.0 Å². The molecular formula is C19H25F2NO5. The first-order valence-corrected chi connectivity index (χ1v) is 8.98. The molecule has 2 aliphatic rings. The van der Waals surface area contributed by atoms with Gasteiger partial charge in [-0.25, -0.2) is 13.6 Å². The zero-order valence-electron chi connectivity index (χ0n) is 15.9. The van der Waals surface area contributed by atoms with E-state index in [-0.39, 0.29) is 28.9 Å². The summed E-state index contributed by atoms with van der Waals surface area (Å²) in [5.74, 6) is -4.13. The summed E-state index contributed by atoms with van der Waals surface area (Å²) >= 11 is 0. The normalized spacial score (nSPS) is 26.2. The average Bonchev–Trinajstić information content (AvgIpc) is 2.56. The molecule has 27 heavy (non-hydrogen) atoms. The minimum absolute atomic E-state index is 0.0239. The lowest BCUT2D eigenvalue weighted by atomic mass is 9.95. The van der Waals surface area contributed by atoms with Gasteiger partial charge in [0.25, 0.3) is 0 Å². The van der Waals surface area contributed by atoms with E-state index in [9.17, 15) is 18.7 Å². The molecular weight excluding hydrogens is 360 g/mol. The molecule has 2 aliphatic heterocycles. The number of nitrogens with zero attached hydrogens (tertiary/aromatic N) is 1. The second-order valence-electron chi connectivity index (χ2n) is 8.08. The lowest BCUT2D eigenvalue weighted by molar-refractivity contribution is -0.226. The van der Waals surface area contributed by atoms with E-state index in [1.807, 2.05) is 27.7 Å². The monoisotopic (exact) mass is 385 g/mol. The first-order valence-electron chi connectivity index (χ1n) is 8.98. The van der Waals surface area contributed by atoms with Gasteiger partial charge in [-0.2, -0.15) is 0 Å². The molecule has 1 aromatic carbocycles. The van der Waals surface area contributed by atoms with Crippen molar-refractivity contribution in [2.45, 2.75) is 46.2 Å². The van der Waals surface area contributed by atoms with E-state index < -0.39 is 29.5 Å². The van der Waals surface area contributed by atoms with Crippen LogP contribution in [-0.2, 0) is 14.2 Å². The van der Waals surface area contributed by atoms with Crippen LogP contribution in [0.3, 0.4) is 0 Å². The van der Waals surface area contributed by atoms with Crippen LogP contribution in [0.2, 0.25) is 0 Å². The molecule has 3 rings (SSSR count). The van der Waals surface area contributed by atoms with Crippen LogP contribution in [0.5, 0.6) is 0 Å². The fraction of sp³-hybridized carbons (Fsp3) is 0.632. The highest BCUT2D eigenvalue weighted by molar-refractivity contribution is 5.89. The maximum atomic E-state index is 15.0. The summed E-state index contributed by atoms with van der Waals surface area (Å²) in [4.78, 5) is 13.1. The van der Waals surface area contributed by atoms with E-state index in [1.165, 1.54) is 0 Å². The van der Waals surface area contributed by atoms with Crippen LogP contribution in [0.1, 0.15) is 49.9 Å². The summed E-state index contributed by atoms with van der Waals surface area (Å²) in [6, 6.07) is 1.11. The molecule has 0 bridgehead atoms. The van der Waals surface area contributed by atoms with Crippen molar-refractivity contribution in [1.82, 2.24) is 0 Å². The highest BCUT2D eigenvalue weighted by Crippen LogP contribution is 2.39. The molecule has 2 saturated heterocycles. The highest BCUT2D eigenvalue weighted by atomic mass is 19.2. The first kappa shape index (κ1) is 20.0. The van der Waals surface area contributed by atoms with Crippen molar-refractivity contribution < 1.29 is 32.9 Å². The molecule has 0 amide bonds. The quantitative estimate of drug-likeness (QED) is 0.861. The Balaban J connectivity index is 2.07. The summed E-state index contributed by atoms with van der Waals surface area (Å²) in [5, 5.41) is 9.26. The van der Waals surface area contributed by atoms with Gasteiger partial charge in [-0.3, -0.25) is 0 Å². The molecule has 6 nitrogen and oxygen atoms in total. The zero-order chi connectivity index (χ0) is 19.9. The Hall–Kier alpha value is -1.77. The average molecular weight is 385 g/mol. The van der Waals surface area contributed by atoms with Crippen LogP contribution in [-0.4, -0.2) is 49.6 Å². The number of anilines is 1. The van der Waals surface area contributed by atoms with Gasteiger partial charge in [0, 0.05) is 24.1 Å². The number of carboxylic acids is 1. The number of rotatable bonds is 3. The zero-order valence-corrected chi connectivity index (χ0v) is 15.9. The van der Waals surface area contributed by atoms with Gasteiger partial charge in [0.2, 0.25) is 0 Å². The fourth-order valence-corrected chi connectivity index (χ4v) is 3.53. The van der Waals surface area contributed by atoms with Crippen LogP contribution < -0.4 is 4.90 Å². The number of aromatic carboxylic acids is 1. The van der Waals surface area contributed by atoms with Gasteiger partial charge < -0.3 is 24.2 Å². The van der Waals surface area contributed by atoms with Crippen molar-refractivity contribution in [3.05, 3.63) is 28.8 Å². The molecule has 8 heteroatoms. The summed E-state index contributed by atoms with van der Waals surface area (Å²) in [6.07, 6.45) is -1.33. The third kappa shape index (κ3) is 4.07. The number of ether oxygens (including phenoxy) is 3. The standard InChI is InChI=1S/C19H25F2NO5/c1-10-6-22(7-11(2)27-10)16-13(18-25-8-19(3,4)9-26-18)5-12(17(23)24)14(20)15(16)21/h5,10-11,18H,6-9H2,1-4H3,(H,23,24)/t10-,11-/m1/s1. The Kier molecular flexibility index (Phi) is 5.42. The summed E-state index contributed by atoms with van der Waals surface area (Å²) in [7, 11) is 0. The van der Waals surface area contributed by atoms with Crippen molar-refractivity contribution in [2.75, 3.05) is 31.2 Å². The Morgan fingerprint density at radius 3 is 2.22 bits per heavy atom.